The Bertz CT molecular complexity index is 1110. The summed E-state index contributed by atoms with van der Waals surface area (Å²) in [6.07, 6.45) is 11.2. The number of benzene rings is 1. The van der Waals surface area contributed by atoms with Gasteiger partial charge in [-0.15, -0.1) is 0 Å². The largest absolute Gasteiger partial charge is 0.326 e. The van der Waals surface area contributed by atoms with Crippen LogP contribution in [0.3, 0.4) is 0 Å². The maximum absolute atomic E-state index is 6.21. The lowest BCUT2D eigenvalue weighted by atomic mass is 9.70. The van der Waals surface area contributed by atoms with E-state index in [4.69, 9.17) is 21.6 Å². The average Bonchev–Trinajstić information content (AvgIpc) is 2.92. The molecule has 4 aliphatic rings. The monoisotopic (exact) mass is 506 g/mol. The van der Waals surface area contributed by atoms with Crippen molar-refractivity contribution in [2.75, 3.05) is 39.8 Å². The number of amidine groups is 1. The molecule has 5 rings (SSSR count). The minimum Gasteiger partial charge on any atom is -0.326 e. The molecule has 0 aromatic heterocycles. The Kier molecular flexibility index (Phi) is 7.94. The normalized spacial score (nSPS) is 28.1. The Hall–Kier alpha value is -2.41. The van der Waals surface area contributed by atoms with Crippen molar-refractivity contribution in [1.29, 1.82) is 0 Å². The van der Waals surface area contributed by atoms with Crippen molar-refractivity contribution in [3.05, 3.63) is 63.8 Å². The van der Waals surface area contributed by atoms with E-state index in [2.05, 4.69) is 65.6 Å². The van der Waals surface area contributed by atoms with Gasteiger partial charge in [-0.1, -0.05) is 35.4 Å². The maximum atomic E-state index is 6.21. The van der Waals surface area contributed by atoms with E-state index in [1.54, 1.807) is 0 Å². The van der Waals surface area contributed by atoms with E-state index in [1.807, 2.05) is 18.2 Å². The summed E-state index contributed by atoms with van der Waals surface area (Å²) < 4.78 is 0. The van der Waals surface area contributed by atoms with Crippen molar-refractivity contribution < 1.29 is 0 Å². The molecule has 0 bridgehead atoms. The summed E-state index contributed by atoms with van der Waals surface area (Å²) in [7, 11) is 2.20. The fraction of sp³-hybridized carbons (Fsp3) is 0.517. The summed E-state index contributed by atoms with van der Waals surface area (Å²) in [5.41, 5.74) is 4.92. The molecule has 1 aromatic carbocycles. The number of nitrogens with one attached hydrogen (secondary N) is 2. The number of allylic oxidation sites excluding steroid dienone is 3. The van der Waals surface area contributed by atoms with Gasteiger partial charge in [0, 0.05) is 43.4 Å². The smallest absolute Gasteiger partial charge is 0.203 e. The van der Waals surface area contributed by atoms with E-state index in [9.17, 15) is 0 Å². The fourth-order valence-electron chi connectivity index (χ4n) is 5.55. The van der Waals surface area contributed by atoms with Crippen LogP contribution in [0.2, 0.25) is 5.02 Å². The number of guanidine groups is 1. The molecule has 1 saturated carbocycles. The van der Waals surface area contributed by atoms with Crippen LogP contribution in [0.15, 0.2) is 63.2 Å². The van der Waals surface area contributed by atoms with E-state index in [0.29, 0.717) is 11.8 Å². The van der Waals surface area contributed by atoms with Crippen molar-refractivity contribution in [2.45, 2.75) is 45.7 Å². The summed E-state index contributed by atoms with van der Waals surface area (Å²) in [6, 6.07) is 7.94. The molecule has 3 heterocycles. The summed E-state index contributed by atoms with van der Waals surface area (Å²) >= 11 is 6.21. The van der Waals surface area contributed by atoms with Gasteiger partial charge in [0.25, 0.3) is 0 Å². The van der Waals surface area contributed by atoms with Crippen molar-refractivity contribution in [1.82, 2.24) is 20.4 Å². The summed E-state index contributed by atoms with van der Waals surface area (Å²) in [6.45, 7) is 9.64. The van der Waals surface area contributed by atoms with Gasteiger partial charge >= 0.3 is 0 Å². The van der Waals surface area contributed by atoms with Gasteiger partial charge < -0.3 is 15.5 Å². The molecule has 1 aromatic rings. The topological polar surface area (TPSA) is 55.3 Å². The van der Waals surface area contributed by atoms with Crippen LogP contribution in [0.4, 0.5) is 0 Å². The Labute approximate surface area is 220 Å². The van der Waals surface area contributed by atoms with Crippen LogP contribution in [0, 0.1) is 11.8 Å². The molecule has 36 heavy (non-hydrogen) atoms. The third-order valence-electron chi connectivity index (χ3n) is 8.13. The molecule has 3 unspecified atom stereocenters. The van der Waals surface area contributed by atoms with Gasteiger partial charge in [0.2, 0.25) is 5.96 Å². The predicted octanol–water partition coefficient (Wildman–Crippen LogP) is 4.91. The number of likely N-dealkylation sites (N-methyl/N-ethyl adjacent to an activating group) is 1. The first-order valence-corrected chi connectivity index (χ1v) is 13.7. The van der Waals surface area contributed by atoms with Crippen LogP contribution in [0.1, 0.15) is 45.1 Å². The van der Waals surface area contributed by atoms with Gasteiger partial charge in [-0.3, -0.25) is 9.89 Å². The summed E-state index contributed by atoms with van der Waals surface area (Å²) in [5.74, 6) is 3.09. The van der Waals surface area contributed by atoms with Crippen LogP contribution in [0.5, 0.6) is 0 Å². The van der Waals surface area contributed by atoms with Crippen LogP contribution in [-0.2, 0) is 0 Å². The number of halogens is 1. The molecule has 192 valence electrons. The lowest BCUT2D eigenvalue weighted by Gasteiger charge is -2.37. The van der Waals surface area contributed by atoms with Crippen LogP contribution in [-0.4, -0.2) is 67.5 Å². The van der Waals surface area contributed by atoms with Gasteiger partial charge in [-0.2, -0.15) is 0 Å². The molecule has 3 aliphatic heterocycles. The van der Waals surface area contributed by atoms with E-state index in [0.717, 1.165) is 73.6 Å². The fourth-order valence-corrected chi connectivity index (χ4v) is 5.75. The molecule has 0 spiro atoms. The highest BCUT2D eigenvalue weighted by molar-refractivity contribution is 6.30. The number of aliphatic imine (C=N–C) groups is 2. The predicted molar refractivity (Wildman–Crippen MR) is 151 cm³/mol. The van der Waals surface area contributed by atoms with Gasteiger partial charge in [0.1, 0.15) is 12.0 Å². The number of fused-ring (bicyclic) bond motifs is 1. The molecule has 3 atom stereocenters. The summed E-state index contributed by atoms with van der Waals surface area (Å²) in [5, 5.41) is 7.97. The SMILES string of the molecule is CC1=CC(NC2=NC(N3CCN(C)CC3)CCC(C)=C(/C=C/c3cccc(Cl)c3)N2)=NCC2CCC12. The molecular weight excluding hydrogens is 468 g/mol. The molecule has 6 nitrogen and oxygen atoms in total. The van der Waals surface area contributed by atoms with E-state index in [-0.39, 0.29) is 6.17 Å². The van der Waals surface area contributed by atoms with E-state index >= 15 is 0 Å². The van der Waals surface area contributed by atoms with Crippen LogP contribution < -0.4 is 10.6 Å². The average molecular weight is 507 g/mol. The van der Waals surface area contributed by atoms with Crippen molar-refractivity contribution in [2.24, 2.45) is 21.8 Å². The molecule has 1 aliphatic carbocycles. The lowest BCUT2D eigenvalue weighted by Crippen LogP contribution is -2.50. The third-order valence-corrected chi connectivity index (χ3v) is 8.36. The van der Waals surface area contributed by atoms with E-state index < -0.39 is 0 Å². The van der Waals surface area contributed by atoms with Crippen LogP contribution in [0.25, 0.3) is 6.08 Å². The number of rotatable bonds is 3. The second kappa shape index (κ2) is 11.3. The van der Waals surface area contributed by atoms with Crippen molar-refractivity contribution in [3.63, 3.8) is 0 Å². The highest BCUT2D eigenvalue weighted by Crippen LogP contribution is 2.40. The minimum absolute atomic E-state index is 0.148. The lowest BCUT2D eigenvalue weighted by molar-refractivity contribution is 0.110. The standard InChI is InChI=1S/C29H39ClN6/c1-20-7-12-28(36-15-13-35(3)14-16-36)34-29(32-26(20)11-8-22-5-4-6-24(30)18-22)33-27-17-21(2)25-10-9-23(25)19-31-27/h4-6,8,11,17-18,23,25,28H,7,9-10,12-16,19H2,1-3H3,(H2,31,32,33,34)/b11-8+,26-20?. The zero-order valence-electron chi connectivity index (χ0n) is 21.8. The molecule has 7 heteroatoms. The van der Waals surface area contributed by atoms with Crippen molar-refractivity contribution in [3.8, 4) is 0 Å². The van der Waals surface area contributed by atoms with Gasteiger partial charge in [-0.25, -0.2) is 4.99 Å². The third kappa shape index (κ3) is 6.10. The molecule has 2 fully saturated rings. The molecular formula is C29H39ClN6. The second-order valence-electron chi connectivity index (χ2n) is 10.7. The highest BCUT2D eigenvalue weighted by Gasteiger charge is 2.33. The first kappa shape index (κ1) is 25.2. The first-order chi connectivity index (χ1) is 17.4. The van der Waals surface area contributed by atoms with Gasteiger partial charge in [-0.05, 0) is 93.8 Å². The molecule has 2 N–H and O–H groups in total. The Morgan fingerprint density at radius 3 is 2.67 bits per heavy atom. The molecule has 0 amide bonds. The van der Waals surface area contributed by atoms with Crippen molar-refractivity contribution >= 4 is 29.5 Å². The van der Waals surface area contributed by atoms with E-state index in [1.165, 1.54) is 24.0 Å². The Morgan fingerprint density at radius 2 is 1.92 bits per heavy atom. The zero-order chi connectivity index (χ0) is 25.1. The Balaban J connectivity index is 1.40. The minimum atomic E-state index is 0.148. The summed E-state index contributed by atoms with van der Waals surface area (Å²) in [4.78, 5) is 15.1. The number of hydrogen-bond acceptors (Lipinski definition) is 6. The molecule has 0 radical (unpaired) electrons. The quantitative estimate of drug-likeness (QED) is 0.611. The highest BCUT2D eigenvalue weighted by atomic mass is 35.5. The first-order valence-electron chi connectivity index (χ1n) is 13.3. The van der Waals surface area contributed by atoms with Gasteiger partial charge in [0.05, 0.1) is 0 Å². The second-order valence-corrected chi connectivity index (χ2v) is 11.2. The number of hydrogen-bond donors (Lipinski definition) is 2. The maximum Gasteiger partial charge on any atom is 0.203 e. The zero-order valence-corrected chi connectivity index (χ0v) is 22.6. The number of nitrogens with zero attached hydrogens (tertiary/aromatic N) is 4. The molecule has 1 saturated heterocycles. The van der Waals surface area contributed by atoms with Gasteiger partial charge in [0.15, 0.2) is 0 Å². The van der Waals surface area contributed by atoms with Crippen LogP contribution >= 0.6 is 11.6 Å². The number of piperazine rings is 1. The Morgan fingerprint density at radius 1 is 1.08 bits per heavy atom.